The molecule has 0 heterocycles. The first kappa shape index (κ1) is 21.4. The third-order valence-corrected chi connectivity index (χ3v) is 6.01. The third kappa shape index (κ3) is 3.42. The van der Waals surface area contributed by atoms with Gasteiger partial charge in [-0.05, 0) is 61.8 Å². The lowest BCUT2D eigenvalue weighted by Gasteiger charge is -2.45. The summed E-state index contributed by atoms with van der Waals surface area (Å²) in [5.74, 6) is -0.278. The van der Waals surface area contributed by atoms with E-state index in [1.54, 1.807) is 0 Å². The van der Waals surface area contributed by atoms with E-state index in [-0.39, 0.29) is 11.6 Å². The standard InChI is InChI=1S/C24H26N4O2/c1-3-11-30-20-10-9-16(12-21(20)29-4-2)22-18-8-6-5-7-17(18)19(13-25)23(28)24(22,14-26)15-27/h7,9-10,12,18-19,22,28H,3-6,8,11H2,1-2H3/t18-,19?,22+/m0/s1. The molecule has 3 rings (SSSR count). The Morgan fingerprint density at radius 2 is 1.90 bits per heavy atom. The van der Waals surface area contributed by atoms with Crippen LogP contribution < -0.4 is 9.47 Å². The molecule has 0 spiro atoms. The van der Waals surface area contributed by atoms with Gasteiger partial charge in [0.15, 0.2) is 16.9 Å². The number of hydrogen-bond acceptors (Lipinski definition) is 6. The van der Waals surface area contributed by atoms with E-state index in [9.17, 15) is 15.8 Å². The average molecular weight is 402 g/mol. The van der Waals surface area contributed by atoms with Crippen LogP contribution in [-0.4, -0.2) is 18.9 Å². The first-order valence-electron chi connectivity index (χ1n) is 10.5. The van der Waals surface area contributed by atoms with E-state index in [1.165, 1.54) is 0 Å². The number of fused-ring (bicyclic) bond motifs is 1. The van der Waals surface area contributed by atoms with E-state index in [2.05, 4.69) is 18.2 Å². The van der Waals surface area contributed by atoms with Crippen LogP contribution in [0.4, 0.5) is 0 Å². The smallest absolute Gasteiger partial charge is 0.189 e. The number of nitrogens with one attached hydrogen (secondary N) is 1. The molecule has 2 aliphatic carbocycles. The topological polar surface area (TPSA) is 114 Å². The zero-order valence-corrected chi connectivity index (χ0v) is 17.4. The minimum absolute atomic E-state index is 0.117. The van der Waals surface area contributed by atoms with Crippen molar-refractivity contribution in [1.82, 2.24) is 0 Å². The summed E-state index contributed by atoms with van der Waals surface area (Å²) in [7, 11) is 0. The van der Waals surface area contributed by atoms with E-state index in [0.29, 0.717) is 24.7 Å². The largest absolute Gasteiger partial charge is 0.490 e. The summed E-state index contributed by atoms with van der Waals surface area (Å²) in [6.07, 6.45) is 5.46. The maximum Gasteiger partial charge on any atom is 0.189 e. The predicted octanol–water partition coefficient (Wildman–Crippen LogP) is 4.89. The van der Waals surface area contributed by atoms with E-state index in [1.807, 2.05) is 38.1 Å². The van der Waals surface area contributed by atoms with Crippen molar-refractivity contribution in [2.45, 2.75) is 45.4 Å². The second-order valence-corrected chi connectivity index (χ2v) is 7.71. The zero-order valence-electron chi connectivity index (χ0n) is 17.4. The molecule has 0 amide bonds. The number of ether oxygens (including phenoxy) is 2. The van der Waals surface area contributed by atoms with Crippen molar-refractivity contribution < 1.29 is 9.47 Å². The SMILES string of the molecule is CCCOc1ccc([C@@H]2[C@H]3CCCC=C3C(C#N)C(=N)C2(C#N)C#N)cc1OCC. The van der Waals surface area contributed by atoms with Crippen LogP contribution in [0.3, 0.4) is 0 Å². The highest BCUT2D eigenvalue weighted by Gasteiger charge is 2.57. The molecule has 1 saturated carbocycles. The monoisotopic (exact) mass is 402 g/mol. The Morgan fingerprint density at radius 1 is 1.13 bits per heavy atom. The van der Waals surface area contributed by atoms with Gasteiger partial charge in [-0.3, -0.25) is 0 Å². The van der Waals surface area contributed by atoms with Crippen LogP contribution in [0.15, 0.2) is 29.8 Å². The van der Waals surface area contributed by atoms with E-state index < -0.39 is 17.3 Å². The van der Waals surface area contributed by atoms with Crippen LogP contribution >= 0.6 is 0 Å². The normalized spacial score (nSPS) is 24.4. The van der Waals surface area contributed by atoms with Crippen LogP contribution in [0.2, 0.25) is 0 Å². The van der Waals surface area contributed by atoms with Gasteiger partial charge in [-0.2, -0.15) is 15.8 Å². The molecule has 1 fully saturated rings. The van der Waals surface area contributed by atoms with Crippen molar-refractivity contribution in [3.8, 4) is 29.7 Å². The lowest BCUT2D eigenvalue weighted by Crippen LogP contribution is -2.48. The van der Waals surface area contributed by atoms with Gasteiger partial charge in [-0.25, -0.2) is 0 Å². The molecule has 2 aliphatic rings. The summed E-state index contributed by atoms with van der Waals surface area (Å²) in [5.41, 5.74) is -0.156. The van der Waals surface area contributed by atoms with Gasteiger partial charge in [0.1, 0.15) is 5.92 Å². The molecule has 0 bridgehead atoms. The van der Waals surface area contributed by atoms with E-state index in [0.717, 1.165) is 36.8 Å². The van der Waals surface area contributed by atoms with Crippen LogP contribution in [0.25, 0.3) is 0 Å². The van der Waals surface area contributed by atoms with Gasteiger partial charge < -0.3 is 14.9 Å². The Morgan fingerprint density at radius 3 is 2.53 bits per heavy atom. The molecule has 0 saturated heterocycles. The second-order valence-electron chi connectivity index (χ2n) is 7.71. The summed E-state index contributed by atoms with van der Waals surface area (Å²) in [6, 6.07) is 12.0. The predicted molar refractivity (Wildman–Crippen MR) is 112 cm³/mol. The van der Waals surface area contributed by atoms with Crippen LogP contribution in [0, 0.1) is 56.7 Å². The Bertz CT molecular complexity index is 962. The zero-order chi connectivity index (χ0) is 21.7. The Balaban J connectivity index is 2.17. The molecule has 1 aromatic carbocycles. The number of nitriles is 3. The first-order chi connectivity index (χ1) is 14.6. The van der Waals surface area contributed by atoms with Gasteiger partial charge in [-0.15, -0.1) is 0 Å². The summed E-state index contributed by atoms with van der Waals surface area (Å²) < 4.78 is 11.6. The molecular formula is C24H26N4O2. The molecule has 6 nitrogen and oxygen atoms in total. The molecule has 30 heavy (non-hydrogen) atoms. The Hall–Kier alpha value is -3.30. The van der Waals surface area contributed by atoms with Gasteiger partial charge in [0, 0.05) is 5.92 Å². The molecule has 0 radical (unpaired) electrons. The Labute approximate surface area is 177 Å². The van der Waals surface area contributed by atoms with Crippen LogP contribution in [-0.2, 0) is 0 Å². The molecular weight excluding hydrogens is 376 g/mol. The molecule has 0 aliphatic heterocycles. The molecule has 1 unspecified atom stereocenters. The van der Waals surface area contributed by atoms with Gasteiger partial charge in [0.05, 0.1) is 37.1 Å². The van der Waals surface area contributed by atoms with Gasteiger partial charge in [-0.1, -0.05) is 19.1 Å². The van der Waals surface area contributed by atoms with E-state index in [4.69, 9.17) is 14.9 Å². The van der Waals surface area contributed by atoms with Crippen molar-refractivity contribution in [1.29, 1.82) is 21.2 Å². The number of allylic oxidation sites excluding steroid dienone is 2. The highest BCUT2D eigenvalue weighted by atomic mass is 16.5. The van der Waals surface area contributed by atoms with Gasteiger partial charge in [0.2, 0.25) is 0 Å². The molecule has 6 heteroatoms. The highest BCUT2D eigenvalue weighted by molar-refractivity contribution is 6.00. The molecule has 0 aromatic heterocycles. The average Bonchev–Trinajstić information content (AvgIpc) is 2.78. The summed E-state index contributed by atoms with van der Waals surface area (Å²) >= 11 is 0. The van der Waals surface area contributed by atoms with Crippen molar-refractivity contribution in [2.75, 3.05) is 13.2 Å². The van der Waals surface area contributed by atoms with Crippen LogP contribution in [0.1, 0.15) is 51.0 Å². The number of benzene rings is 1. The minimum atomic E-state index is -1.69. The van der Waals surface area contributed by atoms with Crippen molar-refractivity contribution in [2.24, 2.45) is 17.3 Å². The summed E-state index contributed by atoms with van der Waals surface area (Å²) in [4.78, 5) is 0. The van der Waals surface area contributed by atoms with Gasteiger partial charge >= 0.3 is 0 Å². The second kappa shape index (κ2) is 9.02. The lowest BCUT2D eigenvalue weighted by molar-refractivity contribution is 0.274. The van der Waals surface area contributed by atoms with Gasteiger partial charge in [0.25, 0.3) is 0 Å². The fraction of sp³-hybridized carbons (Fsp3) is 0.500. The summed E-state index contributed by atoms with van der Waals surface area (Å²) in [5, 5.41) is 38.6. The highest BCUT2D eigenvalue weighted by Crippen LogP contribution is 2.55. The quantitative estimate of drug-likeness (QED) is 0.680. The maximum atomic E-state index is 10.1. The first-order valence-corrected chi connectivity index (χ1v) is 10.5. The van der Waals surface area contributed by atoms with Crippen molar-refractivity contribution in [3.63, 3.8) is 0 Å². The number of hydrogen-bond donors (Lipinski definition) is 1. The fourth-order valence-electron chi connectivity index (χ4n) is 4.70. The molecule has 3 atom stereocenters. The number of nitrogens with zero attached hydrogens (tertiary/aromatic N) is 3. The van der Waals surface area contributed by atoms with Crippen molar-refractivity contribution >= 4 is 5.71 Å². The summed E-state index contributed by atoms with van der Waals surface area (Å²) in [6.45, 7) is 4.94. The molecule has 154 valence electrons. The van der Waals surface area contributed by atoms with Crippen LogP contribution in [0.5, 0.6) is 11.5 Å². The Kier molecular flexibility index (Phi) is 6.43. The van der Waals surface area contributed by atoms with Crippen molar-refractivity contribution in [3.05, 3.63) is 35.4 Å². The lowest BCUT2D eigenvalue weighted by atomic mass is 9.53. The fourth-order valence-corrected chi connectivity index (χ4v) is 4.70. The minimum Gasteiger partial charge on any atom is -0.490 e. The third-order valence-electron chi connectivity index (χ3n) is 6.01. The van der Waals surface area contributed by atoms with E-state index >= 15 is 0 Å². The maximum absolute atomic E-state index is 10.1. The molecule has 1 N–H and O–H groups in total. The number of rotatable bonds is 6. The molecule has 1 aromatic rings.